The van der Waals surface area contributed by atoms with Gasteiger partial charge in [0.05, 0.1) is 7.11 Å². The van der Waals surface area contributed by atoms with Crippen LogP contribution in [0.5, 0.6) is 5.75 Å². The van der Waals surface area contributed by atoms with E-state index in [4.69, 9.17) is 4.74 Å². The average molecular weight is 915 g/mol. The third kappa shape index (κ3) is 9.60. The molecule has 0 amide bonds. The van der Waals surface area contributed by atoms with Crippen LogP contribution in [0.15, 0.2) is 84.9 Å². The molecule has 1 aliphatic rings. The predicted molar refractivity (Wildman–Crippen MR) is 248 cm³/mol. The van der Waals surface area contributed by atoms with Gasteiger partial charge in [-0.1, -0.05) is 163 Å². The summed E-state index contributed by atoms with van der Waals surface area (Å²) in [7, 11) is 1.26. The fourth-order valence-corrected chi connectivity index (χ4v) is 11.0. The van der Waals surface area contributed by atoms with Crippen LogP contribution in [-0.2, 0) is 38.0 Å². The summed E-state index contributed by atoms with van der Waals surface area (Å²) in [6, 6.07) is 32.6. The molecule has 1 nitrogen and oxygen atoms in total. The summed E-state index contributed by atoms with van der Waals surface area (Å²) in [6.45, 7) is 29.3. The van der Waals surface area contributed by atoms with E-state index in [2.05, 4.69) is 174 Å². The maximum absolute atomic E-state index is 5.95. The average Bonchev–Trinajstić information content (AvgIpc) is 3.80. The SMILES string of the molecule is COc1c(C(C)(C)C)cc2[cH-]c(C)cc2c1-c1cc(C)cc(C)c1.Cc1cc(C)cc(-c2c3c(c(-c4cc(C)cc(C)c4)c4[cH-]c(C)cc24)CCC3=[Si](C)C)c1.[Cl-].[Cl-].[Zr+4]. The number of benzene rings is 5. The van der Waals surface area contributed by atoms with Gasteiger partial charge >= 0.3 is 26.2 Å². The molecule has 0 aliphatic heterocycles. The summed E-state index contributed by atoms with van der Waals surface area (Å²) in [5, 5.41) is 7.17. The molecule has 0 atom stereocenters. The van der Waals surface area contributed by atoms with Crippen molar-refractivity contribution in [3.8, 4) is 39.1 Å². The molecule has 0 heterocycles. The number of aryl methyl sites for hydroxylation is 8. The smallest absolute Gasteiger partial charge is 1.00 e. The van der Waals surface area contributed by atoms with Crippen molar-refractivity contribution in [1.29, 1.82) is 0 Å². The maximum atomic E-state index is 5.95. The first-order valence-corrected chi connectivity index (χ1v) is 22.9. The Balaban J connectivity index is 0.000000257. The minimum absolute atomic E-state index is 0. The van der Waals surface area contributed by atoms with Gasteiger partial charge in [0.1, 0.15) is 5.75 Å². The van der Waals surface area contributed by atoms with Crippen molar-refractivity contribution < 1.29 is 55.8 Å². The van der Waals surface area contributed by atoms with Gasteiger partial charge in [0, 0.05) is 8.41 Å². The second-order valence-corrected chi connectivity index (χ2v) is 20.8. The summed E-state index contributed by atoms with van der Waals surface area (Å²) in [5.41, 5.74) is 23.3. The molecule has 0 spiro atoms. The van der Waals surface area contributed by atoms with E-state index in [0.29, 0.717) is 0 Å². The van der Waals surface area contributed by atoms with E-state index in [1.165, 1.54) is 118 Å². The molecule has 5 heteroatoms. The second kappa shape index (κ2) is 18.7. The zero-order valence-corrected chi connectivity index (χ0v) is 42.6. The molecular weight excluding hydrogens is 855 g/mol. The number of fused-ring (bicyclic) bond motifs is 3. The quantitative estimate of drug-likeness (QED) is 0.127. The number of rotatable bonds is 4. The van der Waals surface area contributed by atoms with Crippen molar-refractivity contribution in [3.05, 3.63) is 146 Å². The molecule has 7 aromatic rings. The Kier molecular flexibility index (Phi) is 15.4. The number of ether oxygens (including phenoxy) is 1. The molecule has 0 N–H and O–H groups in total. The number of hydrogen-bond acceptors (Lipinski definition) is 1. The van der Waals surface area contributed by atoms with Crippen molar-refractivity contribution in [2.75, 3.05) is 7.11 Å². The van der Waals surface area contributed by atoms with Crippen molar-refractivity contribution in [2.45, 2.75) is 108 Å². The topological polar surface area (TPSA) is 9.23 Å². The van der Waals surface area contributed by atoms with E-state index in [9.17, 15) is 0 Å². The van der Waals surface area contributed by atoms with Crippen LogP contribution in [0.2, 0.25) is 13.1 Å². The van der Waals surface area contributed by atoms with E-state index in [0.717, 1.165) is 5.75 Å². The van der Waals surface area contributed by atoms with E-state index in [-0.39, 0.29) is 56.4 Å². The van der Waals surface area contributed by atoms with Gasteiger partial charge in [-0.3, -0.25) is 0 Å². The molecular formula is C54H60Cl2OSiZr. The molecule has 0 saturated heterocycles. The van der Waals surface area contributed by atoms with Crippen molar-refractivity contribution in [1.82, 2.24) is 0 Å². The minimum Gasteiger partial charge on any atom is -1.00 e. The second-order valence-electron chi connectivity index (χ2n) is 18.2. The Hall–Kier alpha value is -3.33. The van der Waals surface area contributed by atoms with Crippen LogP contribution in [0, 0.1) is 55.4 Å². The third-order valence-corrected chi connectivity index (χ3v) is 13.3. The van der Waals surface area contributed by atoms with Crippen LogP contribution in [-0.4, -0.2) is 20.7 Å². The summed E-state index contributed by atoms with van der Waals surface area (Å²) in [5.74, 6) is 1.01. The first kappa shape index (κ1) is 48.3. The Bertz CT molecular complexity index is 2650. The molecule has 0 aromatic heterocycles. The maximum Gasteiger partial charge on any atom is 4.00 e. The van der Waals surface area contributed by atoms with Gasteiger partial charge in [-0.2, -0.15) is 12.1 Å². The standard InChI is InChI=1S/C31H33Si.C23H27O.2ClH.Zr/c1-18-10-19(2)13-23(12-18)29-25-8-9-28(32(6)7)31(25)30(27-17-22(5)16-26(27)29)24-14-20(3)11-21(4)15-24;1-14-8-15(2)11-18(10-14)21-19-12-16(3)9-17(19)13-20(22(21)24-7)23(4,5)6;;;/h10-17H,8-9H2,1-7H3;8-13H,1-7H3;2*1H;/q2*-1;;;+4/p-2. The zero-order valence-electron chi connectivity index (χ0n) is 37.7. The van der Waals surface area contributed by atoms with E-state index in [1.807, 2.05) is 0 Å². The summed E-state index contributed by atoms with van der Waals surface area (Å²) in [4.78, 5) is 0. The Labute approximate surface area is 387 Å². The predicted octanol–water partition coefficient (Wildman–Crippen LogP) is 8.70. The molecule has 0 unspecified atom stereocenters. The van der Waals surface area contributed by atoms with Crippen LogP contribution in [0.4, 0.5) is 0 Å². The van der Waals surface area contributed by atoms with Crippen LogP contribution in [0.25, 0.3) is 54.9 Å². The van der Waals surface area contributed by atoms with Gasteiger partial charge in [-0.25, -0.2) is 0 Å². The monoisotopic (exact) mass is 912 g/mol. The van der Waals surface area contributed by atoms with Crippen molar-refractivity contribution in [2.24, 2.45) is 0 Å². The molecule has 0 radical (unpaired) electrons. The Morgan fingerprint density at radius 3 is 1.42 bits per heavy atom. The number of halogens is 2. The molecule has 7 aromatic carbocycles. The molecule has 0 bridgehead atoms. The minimum atomic E-state index is -0.532. The van der Waals surface area contributed by atoms with E-state index in [1.54, 1.807) is 23.4 Å². The first-order chi connectivity index (χ1) is 26.4. The Morgan fingerprint density at radius 2 is 0.966 bits per heavy atom. The summed E-state index contributed by atoms with van der Waals surface area (Å²) >= 11 is 0. The van der Waals surface area contributed by atoms with Gasteiger partial charge in [-0.15, -0.1) is 50.9 Å². The first-order valence-electron chi connectivity index (χ1n) is 20.4. The Morgan fingerprint density at radius 1 is 0.525 bits per heavy atom. The fraction of sp³-hybridized carbons (Fsp3) is 0.315. The number of methoxy groups -OCH3 is 1. The summed E-state index contributed by atoms with van der Waals surface area (Å²) < 4.78 is 5.95. The van der Waals surface area contributed by atoms with Crippen LogP contribution >= 0.6 is 0 Å². The molecule has 8 rings (SSSR count). The van der Waals surface area contributed by atoms with Gasteiger partial charge in [-0.05, 0) is 87.6 Å². The zero-order chi connectivity index (χ0) is 40.4. The normalized spacial score (nSPS) is 12.0. The largest absolute Gasteiger partial charge is 4.00 e. The van der Waals surface area contributed by atoms with Gasteiger partial charge < -0.3 is 29.6 Å². The number of hydrogen-bond donors (Lipinski definition) is 0. The third-order valence-electron chi connectivity index (χ3n) is 11.6. The summed E-state index contributed by atoms with van der Waals surface area (Å²) in [6.07, 6.45) is 2.39. The van der Waals surface area contributed by atoms with Crippen LogP contribution in [0.1, 0.15) is 88.4 Å². The molecule has 59 heavy (non-hydrogen) atoms. The van der Waals surface area contributed by atoms with E-state index >= 15 is 0 Å². The van der Waals surface area contributed by atoms with Crippen LogP contribution in [0.3, 0.4) is 0 Å². The van der Waals surface area contributed by atoms with Gasteiger partial charge in [0.2, 0.25) is 0 Å². The fourth-order valence-electron chi connectivity index (χ4n) is 9.63. The molecule has 0 fully saturated rings. The van der Waals surface area contributed by atoms with E-state index < -0.39 is 8.41 Å². The van der Waals surface area contributed by atoms with Gasteiger partial charge in [0.15, 0.2) is 0 Å². The van der Waals surface area contributed by atoms with Crippen LogP contribution < -0.4 is 29.6 Å². The van der Waals surface area contributed by atoms with Gasteiger partial charge in [0.25, 0.3) is 0 Å². The molecule has 1 aliphatic carbocycles. The molecule has 304 valence electrons. The molecule has 0 saturated carbocycles. The van der Waals surface area contributed by atoms with Crippen molar-refractivity contribution >= 4 is 35.1 Å². The van der Waals surface area contributed by atoms with Crippen molar-refractivity contribution in [3.63, 3.8) is 0 Å².